The summed E-state index contributed by atoms with van der Waals surface area (Å²) in [6, 6.07) is 14.6. The molecule has 3 aliphatic rings. The Morgan fingerprint density at radius 3 is 2.77 bits per heavy atom. The maximum atomic E-state index is 13.2. The molecular formula is C34H39N5O3S. The first kappa shape index (κ1) is 29.3. The number of hydrogen-bond acceptors (Lipinski definition) is 6. The van der Waals surface area contributed by atoms with Gasteiger partial charge in [0.2, 0.25) is 5.91 Å². The number of hydrogen-bond donors (Lipinski definition) is 3. The Labute approximate surface area is 257 Å². The minimum atomic E-state index is -0.164. The highest BCUT2D eigenvalue weighted by Gasteiger charge is 2.29. The van der Waals surface area contributed by atoms with Gasteiger partial charge in [0.25, 0.3) is 5.91 Å². The van der Waals surface area contributed by atoms with Gasteiger partial charge in [0.05, 0.1) is 11.3 Å². The number of likely N-dealkylation sites (N-methyl/N-ethyl adjacent to an activating group) is 1. The molecule has 2 aliphatic heterocycles. The number of aromatic nitrogens is 1. The van der Waals surface area contributed by atoms with Crippen LogP contribution >= 0.6 is 11.9 Å². The van der Waals surface area contributed by atoms with Crippen LogP contribution in [0.25, 0.3) is 11.6 Å². The van der Waals surface area contributed by atoms with Crippen LogP contribution in [0.3, 0.4) is 0 Å². The molecule has 1 aromatic heterocycles. The van der Waals surface area contributed by atoms with E-state index in [1.165, 1.54) is 11.3 Å². The number of nitrogens with one attached hydrogen (secondary N) is 3. The van der Waals surface area contributed by atoms with Crippen LogP contribution in [0.15, 0.2) is 47.4 Å². The van der Waals surface area contributed by atoms with Gasteiger partial charge in [-0.1, -0.05) is 32.0 Å². The minimum absolute atomic E-state index is 0.0296. The molecule has 3 heterocycles. The van der Waals surface area contributed by atoms with Gasteiger partial charge in [-0.2, -0.15) is 0 Å². The lowest BCUT2D eigenvalue weighted by Crippen LogP contribution is -2.34. The highest BCUT2D eigenvalue weighted by molar-refractivity contribution is 8.00. The summed E-state index contributed by atoms with van der Waals surface area (Å²) in [5.74, 6) is -0.0827. The molecule has 3 N–H and O–H groups in total. The number of amides is 2. The largest absolute Gasteiger partial charge is 0.358 e. The van der Waals surface area contributed by atoms with Crippen LogP contribution in [0, 0.1) is 0 Å². The molecule has 0 spiro atoms. The van der Waals surface area contributed by atoms with Crippen molar-refractivity contribution in [1.29, 1.82) is 0 Å². The van der Waals surface area contributed by atoms with Crippen molar-refractivity contribution in [3.63, 3.8) is 0 Å². The maximum absolute atomic E-state index is 13.2. The fourth-order valence-corrected chi connectivity index (χ4v) is 7.35. The molecule has 0 fully saturated rings. The van der Waals surface area contributed by atoms with E-state index in [0.717, 1.165) is 78.5 Å². The van der Waals surface area contributed by atoms with E-state index < -0.39 is 0 Å². The number of ketones is 1. The van der Waals surface area contributed by atoms with E-state index in [1.807, 2.05) is 18.2 Å². The lowest BCUT2D eigenvalue weighted by Gasteiger charge is -2.18. The first-order chi connectivity index (χ1) is 20.9. The quantitative estimate of drug-likeness (QED) is 0.200. The van der Waals surface area contributed by atoms with Gasteiger partial charge < -0.3 is 24.8 Å². The van der Waals surface area contributed by atoms with Crippen molar-refractivity contribution in [2.45, 2.75) is 57.3 Å². The topological polar surface area (TPSA) is 97.5 Å². The first-order valence-electron chi connectivity index (χ1n) is 15.4. The predicted molar refractivity (Wildman–Crippen MR) is 173 cm³/mol. The van der Waals surface area contributed by atoms with Crippen molar-refractivity contribution in [1.82, 2.24) is 15.2 Å². The zero-order valence-electron chi connectivity index (χ0n) is 24.9. The summed E-state index contributed by atoms with van der Waals surface area (Å²) < 4.78 is 2.31. The summed E-state index contributed by atoms with van der Waals surface area (Å²) in [5, 5.41) is 6.04. The third kappa shape index (κ3) is 6.15. The standard InChI is InChI=1S/C34H39N5O3S/c1-3-38(4-2)19-17-35-32(41)15-13-24-29(36-28-9-7-11-31(40)33(24)28)21-26-25-20-23(12-14-27(25)37-34(26)42)43-39-18-16-22-8-5-6-10-30(22)39/h5-6,8,10,12,14,20-21,36H,3-4,7,9,11,13,15-19H2,1-2H3,(H,35,41)(H,37,42)/b26-21-. The van der Waals surface area contributed by atoms with Crippen LogP contribution in [0.2, 0.25) is 0 Å². The monoisotopic (exact) mass is 597 g/mol. The number of anilines is 2. The molecule has 0 radical (unpaired) electrons. The Bertz CT molecular complexity index is 1590. The molecule has 43 heavy (non-hydrogen) atoms. The molecule has 0 atom stereocenters. The number of rotatable bonds is 11. The number of aryl methyl sites for hydroxylation is 1. The third-order valence-electron chi connectivity index (χ3n) is 8.69. The average Bonchev–Trinajstić information content (AvgIpc) is 3.68. The number of para-hydroxylation sites is 1. The van der Waals surface area contributed by atoms with E-state index in [1.54, 1.807) is 11.9 Å². The van der Waals surface area contributed by atoms with Gasteiger partial charge in [-0.15, -0.1) is 0 Å². The average molecular weight is 598 g/mol. The van der Waals surface area contributed by atoms with Crippen LogP contribution in [-0.4, -0.2) is 60.2 Å². The molecule has 0 saturated heterocycles. The molecule has 0 saturated carbocycles. The van der Waals surface area contributed by atoms with Gasteiger partial charge in [0.15, 0.2) is 5.78 Å². The summed E-state index contributed by atoms with van der Waals surface area (Å²) >= 11 is 1.68. The van der Waals surface area contributed by atoms with Gasteiger partial charge in [-0.05, 0) is 92.2 Å². The number of nitrogens with zero attached hydrogens (tertiary/aromatic N) is 2. The summed E-state index contributed by atoms with van der Waals surface area (Å²) in [4.78, 5) is 45.8. The second-order valence-corrected chi connectivity index (χ2v) is 12.4. The molecule has 2 amide bonds. The summed E-state index contributed by atoms with van der Waals surface area (Å²) in [5.41, 5.74) is 8.00. The van der Waals surface area contributed by atoms with Crippen LogP contribution in [-0.2, 0) is 28.9 Å². The second-order valence-electron chi connectivity index (χ2n) is 11.3. The summed E-state index contributed by atoms with van der Waals surface area (Å²) in [6.07, 6.45) is 5.71. The highest BCUT2D eigenvalue weighted by Crippen LogP contribution is 2.41. The molecule has 2 aromatic carbocycles. The zero-order valence-corrected chi connectivity index (χ0v) is 25.7. The Hall–Kier alpha value is -3.82. The first-order valence-corrected chi connectivity index (χ1v) is 16.2. The van der Waals surface area contributed by atoms with E-state index in [4.69, 9.17) is 0 Å². The Morgan fingerprint density at radius 2 is 1.93 bits per heavy atom. The fraction of sp³-hybridized carbons (Fsp3) is 0.382. The predicted octanol–water partition coefficient (Wildman–Crippen LogP) is 5.49. The van der Waals surface area contributed by atoms with Crippen molar-refractivity contribution < 1.29 is 14.4 Å². The van der Waals surface area contributed by atoms with Crippen LogP contribution in [0.5, 0.6) is 0 Å². The molecular weight excluding hydrogens is 558 g/mol. The van der Waals surface area contributed by atoms with E-state index in [0.29, 0.717) is 30.5 Å². The highest BCUT2D eigenvalue weighted by atomic mass is 32.2. The Kier molecular flexibility index (Phi) is 8.72. The number of H-pyrrole nitrogens is 1. The maximum Gasteiger partial charge on any atom is 0.256 e. The van der Waals surface area contributed by atoms with Crippen LogP contribution in [0.1, 0.15) is 71.5 Å². The van der Waals surface area contributed by atoms with E-state index in [-0.39, 0.29) is 24.0 Å². The van der Waals surface area contributed by atoms with E-state index in [2.05, 4.69) is 69.0 Å². The molecule has 8 nitrogen and oxygen atoms in total. The van der Waals surface area contributed by atoms with Crippen molar-refractivity contribution in [2.24, 2.45) is 0 Å². The molecule has 6 rings (SSSR count). The molecule has 224 valence electrons. The summed E-state index contributed by atoms with van der Waals surface area (Å²) in [6.45, 7) is 8.48. The van der Waals surface area contributed by atoms with Gasteiger partial charge in [-0.3, -0.25) is 14.4 Å². The van der Waals surface area contributed by atoms with Crippen LogP contribution in [0.4, 0.5) is 11.4 Å². The molecule has 1 aliphatic carbocycles. The molecule has 0 unspecified atom stereocenters. The van der Waals surface area contributed by atoms with Crippen molar-refractivity contribution in [2.75, 3.05) is 42.3 Å². The number of fused-ring (bicyclic) bond motifs is 3. The van der Waals surface area contributed by atoms with Gasteiger partial charge in [-0.25, -0.2) is 0 Å². The van der Waals surface area contributed by atoms with Gasteiger partial charge >= 0.3 is 0 Å². The van der Waals surface area contributed by atoms with Crippen molar-refractivity contribution >= 4 is 52.6 Å². The van der Waals surface area contributed by atoms with Crippen LogP contribution < -0.4 is 14.9 Å². The SMILES string of the molecule is CCN(CC)CCNC(=O)CCc1c(/C=C2\C(=O)Nc3ccc(SN4CCc5ccccc54)cc32)[nH]c2c1C(=O)CCC2. The van der Waals surface area contributed by atoms with E-state index in [9.17, 15) is 14.4 Å². The Morgan fingerprint density at radius 1 is 1.09 bits per heavy atom. The van der Waals surface area contributed by atoms with E-state index >= 15 is 0 Å². The summed E-state index contributed by atoms with van der Waals surface area (Å²) in [7, 11) is 0. The minimum Gasteiger partial charge on any atom is -0.358 e. The fourth-order valence-electron chi connectivity index (χ4n) is 6.34. The number of benzene rings is 2. The molecule has 0 bridgehead atoms. The smallest absolute Gasteiger partial charge is 0.256 e. The van der Waals surface area contributed by atoms with Crippen molar-refractivity contribution in [3.05, 3.63) is 76.1 Å². The third-order valence-corrected chi connectivity index (χ3v) is 9.76. The number of Topliss-reactive ketones (excluding diaryl/α,β-unsaturated/α-hetero) is 1. The molecule has 3 aromatic rings. The van der Waals surface area contributed by atoms with Gasteiger partial charge in [0.1, 0.15) is 0 Å². The lowest BCUT2D eigenvalue weighted by molar-refractivity contribution is -0.121. The number of aromatic amines is 1. The Balaban J connectivity index is 1.24. The number of carbonyl (C=O) groups excluding carboxylic acids is 3. The lowest BCUT2D eigenvalue weighted by atomic mass is 9.91. The second kappa shape index (κ2) is 12.8. The van der Waals surface area contributed by atoms with Gasteiger partial charge in [0, 0.05) is 65.6 Å². The normalized spacial score (nSPS) is 16.4. The number of carbonyl (C=O) groups is 3. The van der Waals surface area contributed by atoms with Crippen molar-refractivity contribution in [3.8, 4) is 0 Å². The zero-order chi connectivity index (χ0) is 29.9. The molecule has 9 heteroatoms.